The van der Waals surface area contributed by atoms with Crippen LogP contribution in [0.5, 0.6) is 0 Å². The number of imidazole rings is 1. The van der Waals surface area contributed by atoms with Crippen LogP contribution in [-0.2, 0) is 20.1 Å². The second-order valence-electron chi connectivity index (χ2n) is 4.93. The third kappa shape index (κ3) is 2.61. The molecule has 0 saturated heterocycles. The Bertz CT molecular complexity index is 897. The molecule has 22 heavy (non-hydrogen) atoms. The Morgan fingerprint density at radius 3 is 2.41 bits per heavy atom. The van der Waals surface area contributed by atoms with E-state index in [4.69, 9.17) is 0 Å². The van der Waals surface area contributed by atoms with Gasteiger partial charge in [-0.3, -0.25) is 4.98 Å². The molecule has 0 amide bonds. The molecule has 0 aliphatic rings. The average molecular weight is 462 g/mol. The first-order valence-corrected chi connectivity index (χ1v) is 6.91. The van der Waals surface area contributed by atoms with Crippen LogP contribution < -0.4 is 0 Å². The number of hydrogen-bond donors (Lipinski definition) is 0. The Kier molecular flexibility index (Phi) is 4.19. The van der Waals surface area contributed by atoms with Gasteiger partial charge in [0, 0.05) is 38.2 Å². The maximum atomic E-state index is 4.50. The summed E-state index contributed by atoms with van der Waals surface area (Å²) in [6.07, 6.45) is 3.80. The van der Waals surface area contributed by atoms with Gasteiger partial charge in [-0.1, -0.05) is 47.9 Å². The van der Waals surface area contributed by atoms with E-state index < -0.39 is 0 Å². The van der Waals surface area contributed by atoms with Crippen molar-refractivity contribution in [2.24, 2.45) is 0 Å². The van der Waals surface area contributed by atoms with Gasteiger partial charge in [-0.05, 0) is 12.1 Å². The van der Waals surface area contributed by atoms with E-state index in [0.29, 0.717) is 0 Å². The van der Waals surface area contributed by atoms with E-state index in [1.165, 1.54) is 10.8 Å². The minimum absolute atomic E-state index is 0. The number of nitrogens with zero attached hydrogens (tertiary/aromatic N) is 2. The summed E-state index contributed by atoms with van der Waals surface area (Å²) < 4.78 is 2.08. The molecule has 4 aromatic rings. The van der Waals surface area contributed by atoms with Crippen molar-refractivity contribution >= 4 is 10.8 Å². The van der Waals surface area contributed by atoms with Crippen molar-refractivity contribution in [1.82, 2.24) is 9.55 Å². The molecule has 109 valence electrons. The van der Waals surface area contributed by atoms with Crippen molar-refractivity contribution < 1.29 is 20.1 Å². The number of hydrogen-bond acceptors (Lipinski definition) is 1. The van der Waals surface area contributed by atoms with Gasteiger partial charge in [0.25, 0.3) is 0 Å². The molecular weight excluding hydrogens is 448 g/mol. The van der Waals surface area contributed by atoms with Crippen LogP contribution in [0.25, 0.3) is 27.8 Å². The van der Waals surface area contributed by atoms with Crippen LogP contribution in [-0.4, -0.2) is 9.55 Å². The quantitative estimate of drug-likeness (QED) is 0.402. The Balaban J connectivity index is 0.00000144. The maximum Gasteiger partial charge on any atom is 0.0602 e. The summed E-state index contributed by atoms with van der Waals surface area (Å²) in [6, 6.07) is 26.0. The summed E-state index contributed by atoms with van der Waals surface area (Å²) in [5, 5.41) is 2.40. The Labute approximate surface area is 142 Å². The summed E-state index contributed by atoms with van der Waals surface area (Å²) in [5.74, 6) is 0.909. The molecule has 0 saturated carbocycles. The molecule has 4 rings (SSSR count). The molecule has 0 aliphatic carbocycles. The van der Waals surface area contributed by atoms with Crippen LogP contribution in [0.3, 0.4) is 0 Å². The number of fused-ring (bicyclic) bond motifs is 1. The van der Waals surface area contributed by atoms with E-state index in [0.717, 1.165) is 17.1 Å². The largest absolute Gasteiger partial charge is 0.340 e. The predicted octanol–water partition coefficient (Wildman–Crippen LogP) is 4.49. The van der Waals surface area contributed by atoms with Gasteiger partial charge in [-0.2, -0.15) is 0 Å². The molecule has 0 fully saturated rings. The first-order chi connectivity index (χ1) is 10.4. The van der Waals surface area contributed by atoms with Crippen LogP contribution in [0.15, 0.2) is 79.1 Å². The first kappa shape index (κ1) is 14.7. The van der Waals surface area contributed by atoms with Crippen LogP contribution in [0.4, 0.5) is 0 Å². The smallest absolute Gasteiger partial charge is 0.0602 e. The van der Waals surface area contributed by atoms with E-state index in [2.05, 4.69) is 52.0 Å². The Morgan fingerprint density at radius 2 is 1.59 bits per heavy atom. The summed E-state index contributed by atoms with van der Waals surface area (Å²) in [7, 11) is 0. The van der Waals surface area contributed by atoms with Crippen molar-refractivity contribution in [2.45, 2.75) is 0 Å². The van der Waals surface area contributed by atoms with Gasteiger partial charge in [-0.15, -0.1) is 29.1 Å². The number of benzene rings is 3. The van der Waals surface area contributed by atoms with Crippen LogP contribution in [0, 0.1) is 6.07 Å². The average Bonchev–Trinajstić information content (AvgIpc) is 3.05. The Hall–Kier alpha value is -2.22. The molecular formula is C19H13IrN2-. The molecule has 3 heteroatoms. The van der Waals surface area contributed by atoms with Gasteiger partial charge in [0.2, 0.25) is 0 Å². The van der Waals surface area contributed by atoms with Crippen molar-refractivity contribution in [3.05, 3.63) is 85.2 Å². The van der Waals surface area contributed by atoms with Gasteiger partial charge in [0.1, 0.15) is 0 Å². The van der Waals surface area contributed by atoms with Gasteiger partial charge in [0.15, 0.2) is 0 Å². The fourth-order valence-corrected chi connectivity index (χ4v) is 2.56. The molecule has 0 aliphatic heterocycles. The molecule has 1 heterocycles. The molecule has 0 spiro atoms. The summed E-state index contributed by atoms with van der Waals surface area (Å²) in [6.45, 7) is 0. The molecule has 3 aromatic carbocycles. The molecule has 0 bridgehead atoms. The second-order valence-corrected chi connectivity index (χ2v) is 4.93. The third-order valence-electron chi connectivity index (χ3n) is 3.60. The minimum Gasteiger partial charge on any atom is -0.340 e. The molecule has 1 aromatic heterocycles. The van der Waals surface area contributed by atoms with E-state index in [9.17, 15) is 0 Å². The minimum atomic E-state index is 0. The van der Waals surface area contributed by atoms with Crippen molar-refractivity contribution in [3.63, 3.8) is 0 Å². The van der Waals surface area contributed by atoms with Crippen LogP contribution in [0.1, 0.15) is 0 Å². The van der Waals surface area contributed by atoms with E-state index in [1.54, 1.807) is 0 Å². The topological polar surface area (TPSA) is 17.8 Å². The van der Waals surface area contributed by atoms with Gasteiger partial charge < -0.3 is 4.57 Å². The van der Waals surface area contributed by atoms with E-state index >= 15 is 0 Å². The third-order valence-corrected chi connectivity index (χ3v) is 3.60. The zero-order valence-corrected chi connectivity index (χ0v) is 14.1. The molecule has 0 atom stereocenters. The summed E-state index contributed by atoms with van der Waals surface area (Å²) >= 11 is 0. The van der Waals surface area contributed by atoms with Gasteiger partial charge in [0.05, 0.1) is 5.82 Å². The summed E-state index contributed by atoms with van der Waals surface area (Å²) in [5.41, 5.74) is 2.11. The first-order valence-electron chi connectivity index (χ1n) is 6.91. The summed E-state index contributed by atoms with van der Waals surface area (Å²) in [4.78, 5) is 4.50. The van der Waals surface area contributed by atoms with Crippen molar-refractivity contribution in [3.8, 4) is 17.1 Å². The molecule has 2 nitrogen and oxygen atoms in total. The van der Waals surface area contributed by atoms with Gasteiger partial charge >= 0.3 is 0 Å². The molecule has 0 N–H and O–H groups in total. The van der Waals surface area contributed by atoms with Crippen molar-refractivity contribution in [2.75, 3.05) is 0 Å². The fraction of sp³-hybridized carbons (Fsp3) is 0. The zero-order valence-electron chi connectivity index (χ0n) is 11.7. The van der Waals surface area contributed by atoms with E-state index in [-0.39, 0.29) is 20.1 Å². The van der Waals surface area contributed by atoms with E-state index in [1.807, 2.05) is 42.7 Å². The normalized spacial score (nSPS) is 10.4. The zero-order chi connectivity index (χ0) is 14.1. The molecule has 1 radical (unpaired) electrons. The van der Waals surface area contributed by atoms with Gasteiger partial charge in [-0.25, -0.2) is 0 Å². The Morgan fingerprint density at radius 1 is 0.864 bits per heavy atom. The second kappa shape index (κ2) is 6.27. The SMILES string of the molecule is [Ir].[c-]1cc2ccccc2cc1-c1nccn1-c1ccccc1. The monoisotopic (exact) mass is 462 g/mol. The molecule has 0 unspecified atom stereocenters. The predicted molar refractivity (Wildman–Crippen MR) is 85.3 cm³/mol. The fourth-order valence-electron chi connectivity index (χ4n) is 2.56. The number of aromatic nitrogens is 2. The van der Waals surface area contributed by atoms with Crippen molar-refractivity contribution in [1.29, 1.82) is 0 Å². The van der Waals surface area contributed by atoms with Crippen LogP contribution in [0.2, 0.25) is 0 Å². The standard InChI is InChI=1S/C19H13N2.Ir/c1-2-8-18(9-3-1)21-13-12-20-19(21)17-11-10-15-6-4-5-7-16(15)14-17;/h1-10,12-14H;/q-1;. The number of rotatable bonds is 2. The number of para-hydroxylation sites is 1. The van der Waals surface area contributed by atoms with Crippen LogP contribution >= 0.6 is 0 Å². The maximum absolute atomic E-state index is 4.50.